The van der Waals surface area contributed by atoms with Crippen molar-refractivity contribution < 1.29 is 22.0 Å². The molecule has 5 nitrogen and oxygen atoms in total. The second-order valence-electron chi connectivity index (χ2n) is 4.82. The average molecular weight is 350 g/mol. The van der Waals surface area contributed by atoms with Crippen molar-refractivity contribution in [2.24, 2.45) is 0 Å². The smallest absolute Gasteiger partial charge is 0.341 e. The fourth-order valence-electron chi connectivity index (χ4n) is 1.88. The molecular weight excluding hydrogens is 338 g/mol. The van der Waals surface area contributed by atoms with E-state index in [0.29, 0.717) is 5.56 Å². The van der Waals surface area contributed by atoms with Gasteiger partial charge in [-0.25, -0.2) is 8.42 Å². The third kappa shape index (κ3) is 3.94. The first-order chi connectivity index (χ1) is 11.3. The zero-order valence-electron chi connectivity index (χ0n) is 12.2. The van der Waals surface area contributed by atoms with Crippen LogP contribution in [0.5, 0.6) is 0 Å². The van der Waals surface area contributed by atoms with Crippen LogP contribution in [-0.4, -0.2) is 20.1 Å². The van der Waals surface area contributed by atoms with Crippen LogP contribution in [-0.2, 0) is 16.4 Å². The predicted octanol–water partition coefficient (Wildman–Crippen LogP) is 2.48. The van der Waals surface area contributed by atoms with Gasteiger partial charge in [0.15, 0.2) is 0 Å². The van der Waals surface area contributed by atoms with E-state index in [9.17, 15) is 22.0 Å². The van der Waals surface area contributed by atoms with Gasteiger partial charge in [0, 0.05) is 12.1 Å². The van der Waals surface area contributed by atoms with Crippen LogP contribution in [0.25, 0.3) is 0 Å². The van der Waals surface area contributed by atoms with E-state index in [1.54, 1.807) is 24.3 Å². The summed E-state index contributed by atoms with van der Waals surface area (Å²) in [4.78, 5) is 11.4. The second kappa shape index (κ2) is 7.19. The van der Waals surface area contributed by atoms with Crippen LogP contribution < -0.4 is 5.32 Å². The van der Waals surface area contributed by atoms with Gasteiger partial charge in [0.25, 0.3) is 5.91 Å². The van der Waals surface area contributed by atoms with Gasteiger partial charge in [0.1, 0.15) is 0 Å². The van der Waals surface area contributed by atoms with Crippen LogP contribution in [0.3, 0.4) is 0 Å². The summed E-state index contributed by atoms with van der Waals surface area (Å²) in [6.07, 6.45) is 0. The number of hydrogen-bond donors (Lipinski definition) is 1. The van der Waals surface area contributed by atoms with Crippen molar-refractivity contribution in [3.05, 3.63) is 65.2 Å². The Morgan fingerprint density at radius 1 is 1.08 bits per heavy atom. The first-order valence-corrected chi connectivity index (χ1v) is 8.28. The van der Waals surface area contributed by atoms with E-state index in [1.165, 1.54) is 12.1 Å². The van der Waals surface area contributed by atoms with Gasteiger partial charge >= 0.3 is 5.76 Å². The number of nitrogens with zero attached hydrogens (tertiary/aromatic N) is 1. The SMILES string of the molecule is N#Cc1ccc(CNC(=O)c2ccc(S(=O)(=O)C(F)F)cc2)cc1. The molecule has 8 heteroatoms. The van der Waals surface area contributed by atoms with Crippen LogP contribution in [0.2, 0.25) is 0 Å². The molecule has 0 aliphatic rings. The van der Waals surface area contributed by atoms with E-state index in [1.807, 2.05) is 6.07 Å². The summed E-state index contributed by atoms with van der Waals surface area (Å²) < 4.78 is 47.5. The summed E-state index contributed by atoms with van der Waals surface area (Å²) in [5.41, 5.74) is 1.43. The van der Waals surface area contributed by atoms with Gasteiger partial charge in [-0.05, 0) is 42.0 Å². The maximum atomic E-state index is 12.4. The summed E-state index contributed by atoms with van der Waals surface area (Å²) in [5, 5.41) is 11.3. The third-order valence-electron chi connectivity index (χ3n) is 3.22. The van der Waals surface area contributed by atoms with Crippen LogP contribution in [0.15, 0.2) is 53.4 Å². The molecule has 0 fully saturated rings. The minimum atomic E-state index is -4.67. The highest BCUT2D eigenvalue weighted by Crippen LogP contribution is 2.18. The van der Waals surface area contributed by atoms with Crippen molar-refractivity contribution in [3.8, 4) is 6.07 Å². The van der Waals surface area contributed by atoms with Gasteiger partial charge in [-0.1, -0.05) is 12.1 Å². The molecule has 0 aliphatic carbocycles. The fourth-order valence-corrected chi connectivity index (χ4v) is 2.60. The quantitative estimate of drug-likeness (QED) is 0.897. The van der Waals surface area contributed by atoms with Crippen LogP contribution in [0.4, 0.5) is 8.78 Å². The van der Waals surface area contributed by atoms with E-state index in [0.717, 1.165) is 17.7 Å². The van der Waals surface area contributed by atoms with Gasteiger partial charge in [-0.2, -0.15) is 14.0 Å². The minimum Gasteiger partial charge on any atom is -0.348 e. The van der Waals surface area contributed by atoms with Gasteiger partial charge in [-0.3, -0.25) is 4.79 Å². The minimum absolute atomic E-state index is 0.150. The Labute approximate surface area is 137 Å². The second-order valence-corrected chi connectivity index (χ2v) is 6.74. The van der Waals surface area contributed by atoms with Crippen molar-refractivity contribution in [2.75, 3.05) is 0 Å². The summed E-state index contributed by atoms with van der Waals surface area (Å²) >= 11 is 0. The van der Waals surface area contributed by atoms with E-state index in [4.69, 9.17) is 5.26 Å². The van der Waals surface area contributed by atoms with Gasteiger partial charge in [0.2, 0.25) is 9.84 Å². The fraction of sp³-hybridized carbons (Fsp3) is 0.125. The molecule has 0 aliphatic heterocycles. The van der Waals surface area contributed by atoms with E-state index in [-0.39, 0.29) is 12.1 Å². The monoisotopic (exact) mass is 350 g/mol. The van der Waals surface area contributed by atoms with Crippen LogP contribution in [0, 0.1) is 11.3 Å². The molecule has 124 valence electrons. The van der Waals surface area contributed by atoms with E-state index < -0.39 is 26.4 Å². The number of rotatable bonds is 5. The molecule has 2 aromatic carbocycles. The summed E-state index contributed by atoms with van der Waals surface area (Å²) in [7, 11) is -4.67. The zero-order chi connectivity index (χ0) is 17.7. The Morgan fingerprint density at radius 2 is 1.67 bits per heavy atom. The molecule has 0 aromatic heterocycles. The van der Waals surface area contributed by atoms with E-state index in [2.05, 4.69) is 5.32 Å². The molecule has 2 rings (SSSR count). The average Bonchev–Trinajstić information content (AvgIpc) is 2.60. The largest absolute Gasteiger partial charge is 0.348 e. The maximum Gasteiger partial charge on any atom is 0.341 e. The molecule has 0 saturated heterocycles. The highest BCUT2D eigenvalue weighted by molar-refractivity contribution is 7.91. The topological polar surface area (TPSA) is 87.0 Å². The summed E-state index contributed by atoms with van der Waals surface area (Å²) in [6, 6.07) is 12.9. The molecule has 0 atom stereocenters. The lowest BCUT2D eigenvalue weighted by atomic mass is 10.1. The summed E-state index contributed by atoms with van der Waals surface area (Å²) in [6.45, 7) is 0.210. The van der Waals surface area contributed by atoms with Gasteiger partial charge < -0.3 is 5.32 Å². The van der Waals surface area contributed by atoms with Crippen molar-refractivity contribution in [1.29, 1.82) is 5.26 Å². The molecule has 0 bridgehead atoms. The highest BCUT2D eigenvalue weighted by atomic mass is 32.2. The van der Waals surface area contributed by atoms with Crippen LogP contribution in [0.1, 0.15) is 21.5 Å². The lowest BCUT2D eigenvalue weighted by molar-refractivity contribution is 0.0951. The number of hydrogen-bond acceptors (Lipinski definition) is 4. The molecule has 0 unspecified atom stereocenters. The molecule has 0 spiro atoms. The number of halogens is 2. The molecule has 0 saturated carbocycles. The molecule has 0 heterocycles. The Hall–Kier alpha value is -2.79. The number of nitriles is 1. The Morgan fingerprint density at radius 3 is 2.17 bits per heavy atom. The van der Waals surface area contributed by atoms with Gasteiger partial charge in [0.05, 0.1) is 16.5 Å². The standard InChI is InChI=1S/C16H12F2N2O3S/c17-16(18)24(22,23)14-7-5-13(6-8-14)15(21)20-10-12-3-1-11(9-19)2-4-12/h1-8,16H,10H2,(H,20,21). The molecule has 1 amide bonds. The molecule has 2 aromatic rings. The third-order valence-corrected chi connectivity index (χ3v) is 4.61. The Kier molecular flexibility index (Phi) is 5.26. The summed E-state index contributed by atoms with van der Waals surface area (Å²) in [5.74, 6) is -3.98. The number of amides is 1. The van der Waals surface area contributed by atoms with Crippen molar-refractivity contribution >= 4 is 15.7 Å². The predicted molar refractivity (Wildman–Crippen MR) is 82.0 cm³/mol. The number of carbonyl (C=O) groups excluding carboxylic acids is 1. The highest BCUT2D eigenvalue weighted by Gasteiger charge is 2.26. The lowest BCUT2D eigenvalue weighted by Gasteiger charge is -2.07. The number of nitrogens with one attached hydrogen (secondary N) is 1. The van der Waals surface area contributed by atoms with Crippen molar-refractivity contribution in [3.63, 3.8) is 0 Å². The van der Waals surface area contributed by atoms with E-state index >= 15 is 0 Å². The number of sulfone groups is 1. The molecule has 1 N–H and O–H groups in total. The maximum absolute atomic E-state index is 12.4. The molecule has 0 radical (unpaired) electrons. The first kappa shape index (κ1) is 17.6. The van der Waals surface area contributed by atoms with Crippen LogP contribution >= 0.6 is 0 Å². The zero-order valence-corrected chi connectivity index (χ0v) is 13.1. The number of alkyl halides is 2. The molecular formula is C16H12F2N2O3S. The Bertz CT molecular complexity index is 871. The first-order valence-electron chi connectivity index (χ1n) is 6.74. The van der Waals surface area contributed by atoms with Gasteiger partial charge in [-0.15, -0.1) is 0 Å². The number of carbonyl (C=O) groups is 1. The number of benzene rings is 2. The molecule has 24 heavy (non-hydrogen) atoms. The lowest BCUT2D eigenvalue weighted by Crippen LogP contribution is -2.22. The van der Waals surface area contributed by atoms with Crippen molar-refractivity contribution in [2.45, 2.75) is 17.2 Å². The van der Waals surface area contributed by atoms with Crippen molar-refractivity contribution in [1.82, 2.24) is 5.32 Å². The normalized spacial score (nSPS) is 11.1. The Balaban J connectivity index is 2.04.